The van der Waals surface area contributed by atoms with E-state index in [9.17, 15) is 14.4 Å². The Kier molecular flexibility index (Phi) is 4.59. The van der Waals surface area contributed by atoms with Crippen LogP contribution in [0.1, 0.15) is 16.1 Å². The van der Waals surface area contributed by atoms with Gasteiger partial charge in [-0.05, 0) is 47.7 Å². The fourth-order valence-electron chi connectivity index (χ4n) is 2.62. The number of furan rings is 1. The molecule has 0 saturated carbocycles. The van der Waals surface area contributed by atoms with Crippen molar-refractivity contribution in [3.63, 3.8) is 0 Å². The maximum Gasteiger partial charge on any atom is 0.293 e. The normalized spacial score (nSPS) is 17.0. The molecule has 3 heterocycles. The molecular formula is C18H14N2O6S. The SMILES string of the molecule is O=C(NCCN1C(=O)S/C(=C\c2ccc3c(c2)OCO3)C1=O)c1ccco1. The molecule has 1 aromatic heterocycles. The summed E-state index contributed by atoms with van der Waals surface area (Å²) < 4.78 is 15.5. The number of fused-ring (bicyclic) bond motifs is 1. The molecule has 2 aliphatic heterocycles. The molecule has 9 heteroatoms. The van der Waals surface area contributed by atoms with Gasteiger partial charge < -0.3 is 19.2 Å². The van der Waals surface area contributed by atoms with Crippen molar-refractivity contribution in [3.05, 3.63) is 52.8 Å². The number of benzene rings is 1. The summed E-state index contributed by atoms with van der Waals surface area (Å²) in [6.07, 6.45) is 3.03. The van der Waals surface area contributed by atoms with Gasteiger partial charge in [0.1, 0.15) is 0 Å². The van der Waals surface area contributed by atoms with Crippen LogP contribution in [0.5, 0.6) is 11.5 Å². The predicted octanol–water partition coefficient (Wildman–Crippen LogP) is 2.47. The predicted molar refractivity (Wildman–Crippen MR) is 96.3 cm³/mol. The second-order valence-corrected chi connectivity index (χ2v) is 6.67. The van der Waals surface area contributed by atoms with Crippen molar-refractivity contribution < 1.29 is 28.3 Å². The van der Waals surface area contributed by atoms with Crippen molar-refractivity contribution in [2.45, 2.75) is 0 Å². The molecule has 0 atom stereocenters. The van der Waals surface area contributed by atoms with E-state index in [4.69, 9.17) is 13.9 Å². The first-order valence-corrected chi connectivity index (χ1v) is 8.90. The van der Waals surface area contributed by atoms with Crippen LogP contribution in [-0.4, -0.2) is 41.8 Å². The van der Waals surface area contributed by atoms with Crippen LogP contribution in [0.2, 0.25) is 0 Å². The Labute approximate surface area is 158 Å². The maximum absolute atomic E-state index is 12.5. The standard InChI is InChI=1S/C18H14N2O6S/c21-16(13-2-1-7-24-13)19-5-6-20-17(22)15(27-18(20)23)9-11-3-4-12-14(8-11)26-10-25-12/h1-4,7-9H,5-6,10H2,(H,19,21)/b15-9-. The molecule has 0 aliphatic carbocycles. The average molecular weight is 386 g/mol. The van der Waals surface area contributed by atoms with Crippen LogP contribution in [-0.2, 0) is 4.79 Å². The molecule has 27 heavy (non-hydrogen) atoms. The lowest BCUT2D eigenvalue weighted by Crippen LogP contribution is -2.37. The van der Waals surface area contributed by atoms with Gasteiger partial charge in [0.2, 0.25) is 6.79 Å². The minimum atomic E-state index is -0.400. The Morgan fingerprint density at radius 1 is 1.22 bits per heavy atom. The Bertz CT molecular complexity index is 937. The third kappa shape index (κ3) is 3.54. The van der Waals surface area contributed by atoms with Crippen LogP contribution < -0.4 is 14.8 Å². The van der Waals surface area contributed by atoms with E-state index in [0.717, 1.165) is 22.2 Å². The van der Waals surface area contributed by atoms with E-state index in [2.05, 4.69) is 5.32 Å². The maximum atomic E-state index is 12.5. The van der Waals surface area contributed by atoms with Gasteiger partial charge in [-0.1, -0.05) is 6.07 Å². The monoisotopic (exact) mass is 386 g/mol. The third-order valence-corrected chi connectivity index (χ3v) is 4.84. The molecule has 1 N–H and O–H groups in total. The van der Waals surface area contributed by atoms with E-state index in [1.165, 1.54) is 12.3 Å². The van der Waals surface area contributed by atoms with Gasteiger partial charge in [0.05, 0.1) is 11.2 Å². The lowest BCUT2D eigenvalue weighted by atomic mass is 10.2. The molecule has 2 aliphatic rings. The molecule has 2 aromatic rings. The number of carbonyl (C=O) groups excluding carboxylic acids is 3. The van der Waals surface area contributed by atoms with Crippen LogP contribution in [0.4, 0.5) is 4.79 Å². The largest absolute Gasteiger partial charge is 0.459 e. The average Bonchev–Trinajstić information content (AvgIpc) is 3.38. The second kappa shape index (κ2) is 7.20. The molecule has 1 saturated heterocycles. The molecule has 1 fully saturated rings. The fourth-order valence-corrected chi connectivity index (χ4v) is 3.49. The van der Waals surface area contributed by atoms with Crippen LogP contribution in [0.15, 0.2) is 45.9 Å². The first-order chi connectivity index (χ1) is 13.1. The summed E-state index contributed by atoms with van der Waals surface area (Å²) in [5.41, 5.74) is 0.732. The van der Waals surface area contributed by atoms with Crippen molar-refractivity contribution in [2.24, 2.45) is 0 Å². The van der Waals surface area contributed by atoms with Gasteiger partial charge in [0, 0.05) is 13.1 Å². The summed E-state index contributed by atoms with van der Waals surface area (Å²) in [6.45, 7) is 0.378. The Morgan fingerprint density at radius 3 is 2.89 bits per heavy atom. The van der Waals surface area contributed by atoms with Crippen molar-refractivity contribution in [2.75, 3.05) is 19.9 Å². The smallest absolute Gasteiger partial charge is 0.293 e. The van der Waals surface area contributed by atoms with E-state index < -0.39 is 11.8 Å². The van der Waals surface area contributed by atoms with Crippen LogP contribution in [0, 0.1) is 0 Å². The van der Waals surface area contributed by atoms with Crippen LogP contribution in [0.3, 0.4) is 0 Å². The number of amides is 3. The second-order valence-electron chi connectivity index (χ2n) is 5.68. The van der Waals surface area contributed by atoms with E-state index in [-0.39, 0.29) is 30.9 Å². The highest BCUT2D eigenvalue weighted by molar-refractivity contribution is 8.18. The molecule has 0 radical (unpaired) electrons. The molecule has 1 aromatic carbocycles. The van der Waals surface area contributed by atoms with Gasteiger partial charge in [-0.2, -0.15) is 0 Å². The zero-order valence-electron chi connectivity index (χ0n) is 14.0. The summed E-state index contributed by atoms with van der Waals surface area (Å²) in [4.78, 5) is 37.8. The number of ether oxygens (including phenoxy) is 2. The highest BCUT2D eigenvalue weighted by Gasteiger charge is 2.34. The fraction of sp³-hybridized carbons (Fsp3) is 0.167. The van der Waals surface area contributed by atoms with E-state index in [1.807, 2.05) is 0 Å². The van der Waals surface area contributed by atoms with Crippen molar-refractivity contribution in [1.82, 2.24) is 10.2 Å². The van der Waals surface area contributed by atoms with Gasteiger partial charge in [-0.3, -0.25) is 19.3 Å². The first kappa shape index (κ1) is 17.2. The number of imide groups is 1. The summed E-state index contributed by atoms with van der Waals surface area (Å²) in [5, 5.41) is 2.23. The minimum absolute atomic E-state index is 0.0790. The molecule has 138 valence electrons. The minimum Gasteiger partial charge on any atom is -0.459 e. The number of hydrogen-bond acceptors (Lipinski definition) is 7. The van der Waals surface area contributed by atoms with Gasteiger partial charge in [0.25, 0.3) is 17.1 Å². The zero-order chi connectivity index (χ0) is 18.8. The molecule has 4 rings (SSSR count). The number of nitrogens with zero attached hydrogens (tertiary/aromatic N) is 1. The Balaban J connectivity index is 1.39. The van der Waals surface area contributed by atoms with Crippen molar-refractivity contribution in [1.29, 1.82) is 0 Å². The summed E-state index contributed by atoms with van der Waals surface area (Å²) in [5.74, 6) is 0.626. The number of nitrogens with one attached hydrogen (secondary N) is 1. The topological polar surface area (TPSA) is 98.1 Å². The van der Waals surface area contributed by atoms with E-state index in [0.29, 0.717) is 16.4 Å². The van der Waals surface area contributed by atoms with Crippen molar-refractivity contribution >= 4 is 34.9 Å². The lowest BCUT2D eigenvalue weighted by Gasteiger charge is -2.12. The quantitative estimate of drug-likeness (QED) is 0.788. The van der Waals surface area contributed by atoms with E-state index in [1.54, 1.807) is 30.3 Å². The molecular weight excluding hydrogens is 372 g/mol. The molecule has 0 unspecified atom stereocenters. The Morgan fingerprint density at radius 2 is 2.07 bits per heavy atom. The lowest BCUT2D eigenvalue weighted by molar-refractivity contribution is -0.122. The van der Waals surface area contributed by atoms with Gasteiger partial charge >= 0.3 is 0 Å². The molecule has 3 amide bonds. The molecule has 0 spiro atoms. The number of hydrogen-bond donors (Lipinski definition) is 1. The van der Waals surface area contributed by atoms with Crippen LogP contribution in [0.25, 0.3) is 6.08 Å². The highest BCUT2D eigenvalue weighted by Crippen LogP contribution is 2.36. The van der Waals surface area contributed by atoms with E-state index >= 15 is 0 Å². The molecule has 8 nitrogen and oxygen atoms in total. The van der Waals surface area contributed by atoms with Gasteiger partial charge in [-0.15, -0.1) is 0 Å². The van der Waals surface area contributed by atoms with Gasteiger partial charge in [-0.25, -0.2) is 0 Å². The summed E-state index contributed by atoms with van der Waals surface area (Å²) in [6, 6.07) is 8.42. The van der Waals surface area contributed by atoms with Crippen molar-refractivity contribution in [3.8, 4) is 11.5 Å². The highest BCUT2D eigenvalue weighted by atomic mass is 32.2. The number of thioether (sulfide) groups is 1. The number of rotatable bonds is 5. The zero-order valence-corrected chi connectivity index (χ0v) is 14.8. The van der Waals surface area contributed by atoms with Crippen LogP contribution >= 0.6 is 11.8 Å². The third-order valence-electron chi connectivity index (χ3n) is 3.93. The number of carbonyl (C=O) groups is 3. The summed E-state index contributed by atoms with van der Waals surface area (Å²) >= 11 is 0.862. The summed E-state index contributed by atoms with van der Waals surface area (Å²) in [7, 11) is 0. The first-order valence-electron chi connectivity index (χ1n) is 8.08. The Hall–Kier alpha value is -3.20. The molecule has 0 bridgehead atoms. The van der Waals surface area contributed by atoms with Gasteiger partial charge in [0.15, 0.2) is 17.3 Å².